The van der Waals surface area contributed by atoms with Crippen molar-refractivity contribution in [2.24, 2.45) is 0 Å². The Bertz CT molecular complexity index is 885. The van der Waals surface area contributed by atoms with Gasteiger partial charge in [0.15, 0.2) is 5.82 Å². The smallest absolute Gasteiger partial charge is 0.310 e. The van der Waals surface area contributed by atoms with Crippen molar-refractivity contribution >= 4 is 23.4 Å². The van der Waals surface area contributed by atoms with Crippen LogP contribution in [0, 0.1) is 0 Å². The van der Waals surface area contributed by atoms with E-state index in [1.165, 1.54) is 6.33 Å². The molecule has 8 nitrogen and oxygen atoms in total. The summed E-state index contributed by atoms with van der Waals surface area (Å²) in [7, 11) is 0. The van der Waals surface area contributed by atoms with Crippen molar-refractivity contribution in [2.75, 3.05) is 24.6 Å². The zero-order valence-electron chi connectivity index (χ0n) is 17.2. The van der Waals surface area contributed by atoms with Gasteiger partial charge in [-0.3, -0.25) is 4.79 Å². The second kappa shape index (κ2) is 9.06. The number of aliphatic hydroxyl groups is 1. The second-order valence-electron chi connectivity index (χ2n) is 8.02. The third-order valence-electron chi connectivity index (χ3n) is 4.80. The van der Waals surface area contributed by atoms with Gasteiger partial charge in [-0.25, -0.2) is 9.97 Å². The minimum Gasteiger partial charge on any atom is -0.489 e. The van der Waals surface area contributed by atoms with Gasteiger partial charge in [0.05, 0.1) is 18.1 Å². The number of carboxylic acid groups (broad SMARTS) is 1. The number of aromatic nitrogens is 2. The highest BCUT2D eigenvalue weighted by molar-refractivity contribution is 6.34. The predicted molar refractivity (Wildman–Crippen MR) is 113 cm³/mol. The van der Waals surface area contributed by atoms with Gasteiger partial charge in [0.25, 0.3) is 0 Å². The number of carbonyl (C=O) groups is 1. The van der Waals surface area contributed by atoms with E-state index in [1.54, 1.807) is 45.0 Å². The van der Waals surface area contributed by atoms with Crippen LogP contribution in [-0.4, -0.2) is 57.6 Å². The Morgan fingerprint density at radius 1 is 1.33 bits per heavy atom. The van der Waals surface area contributed by atoms with Crippen LogP contribution in [0.4, 0.5) is 5.82 Å². The Morgan fingerprint density at radius 3 is 2.67 bits per heavy atom. The van der Waals surface area contributed by atoms with Crippen LogP contribution in [0.1, 0.15) is 38.7 Å². The maximum absolute atomic E-state index is 11.1. The molecule has 30 heavy (non-hydrogen) atoms. The van der Waals surface area contributed by atoms with Crippen LogP contribution >= 0.6 is 11.6 Å². The number of anilines is 1. The highest BCUT2D eigenvalue weighted by Gasteiger charge is 2.28. The first-order valence-electron chi connectivity index (χ1n) is 9.74. The topological polar surface area (TPSA) is 105 Å². The summed E-state index contributed by atoms with van der Waals surface area (Å²) in [4.78, 5) is 21.4. The molecular formula is C21H26ClN3O5. The van der Waals surface area contributed by atoms with Gasteiger partial charge in [-0.2, -0.15) is 0 Å². The van der Waals surface area contributed by atoms with Gasteiger partial charge in [-0.05, 0) is 38.5 Å². The van der Waals surface area contributed by atoms with E-state index >= 15 is 0 Å². The molecule has 1 unspecified atom stereocenters. The van der Waals surface area contributed by atoms with Crippen molar-refractivity contribution in [3.63, 3.8) is 0 Å². The number of carboxylic acids is 1. The van der Waals surface area contributed by atoms with Crippen molar-refractivity contribution in [3.05, 3.63) is 41.2 Å². The minimum atomic E-state index is -1.00. The first-order valence-corrected chi connectivity index (χ1v) is 10.1. The van der Waals surface area contributed by atoms with Crippen LogP contribution in [0.25, 0.3) is 0 Å². The zero-order chi connectivity index (χ0) is 21.9. The molecule has 162 valence electrons. The van der Waals surface area contributed by atoms with E-state index in [0.717, 1.165) is 12.0 Å². The normalized spacial score (nSPS) is 17.6. The average molecular weight is 436 g/mol. The van der Waals surface area contributed by atoms with Gasteiger partial charge in [-0.1, -0.05) is 23.7 Å². The van der Waals surface area contributed by atoms with Crippen LogP contribution in [-0.2, 0) is 4.79 Å². The van der Waals surface area contributed by atoms with E-state index in [-0.39, 0.29) is 18.6 Å². The molecule has 0 saturated carbocycles. The van der Waals surface area contributed by atoms with E-state index in [1.807, 2.05) is 4.90 Å². The van der Waals surface area contributed by atoms with E-state index < -0.39 is 17.5 Å². The number of rotatable bonds is 8. The van der Waals surface area contributed by atoms with Crippen molar-refractivity contribution in [1.82, 2.24) is 9.97 Å². The summed E-state index contributed by atoms with van der Waals surface area (Å²) >= 11 is 6.44. The molecule has 0 aliphatic carbocycles. The quantitative estimate of drug-likeness (QED) is 0.651. The summed E-state index contributed by atoms with van der Waals surface area (Å²) < 4.78 is 11.6. The van der Waals surface area contributed by atoms with Crippen LogP contribution in [0.2, 0.25) is 5.02 Å². The molecule has 2 aromatic rings. The number of halogens is 1. The fraction of sp³-hybridized carbons (Fsp3) is 0.476. The standard InChI is InChI=1S/C21H26ClN3O5/c1-13(20(26)27)14-4-6-15(7-5-14)30-16-8-9-25(10-16)18-17(22)19(24-12-23-18)29-11-21(2,3)28/h4-7,12-13,16,28H,8-11H2,1-3H3,(H,26,27)/t13?,16-/m1/s1. The maximum Gasteiger partial charge on any atom is 0.310 e. The Morgan fingerprint density at radius 2 is 2.03 bits per heavy atom. The Kier molecular flexibility index (Phi) is 6.67. The first-order chi connectivity index (χ1) is 14.1. The molecule has 1 aromatic heterocycles. The Hall–Kier alpha value is -2.58. The third-order valence-corrected chi connectivity index (χ3v) is 5.13. The average Bonchev–Trinajstić information content (AvgIpc) is 3.14. The number of hydrogen-bond donors (Lipinski definition) is 2. The molecule has 1 aliphatic rings. The molecular weight excluding hydrogens is 410 g/mol. The first kappa shape index (κ1) is 22.1. The molecule has 1 fully saturated rings. The van der Waals surface area contributed by atoms with Crippen LogP contribution in [0.15, 0.2) is 30.6 Å². The largest absolute Gasteiger partial charge is 0.489 e. The monoisotopic (exact) mass is 435 g/mol. The molecule has 1 aromatic carbocycles. The minimum absolute atomic E-state index is 0.0560. The van der Waals surface area contributed by atoms with Gasteiger partial charge in [0, 0.05) is 13.0 Å². The number of benzene rings is 1. The summed E-state index contributed by atoms with van der Waals surface area (Å²) in [6, 6.07) is 7.12. The lowest BCUT2D eigenvalue weighted by atomic mass is 10.0. The molecule has 0 amide bonds. The molecule has 3 rings (SSSR count). The van der Waals surface area contributed by atoms with Crippen LogP contribution < -0.4 is 14.4 Å². The second-order valence-corrected chi connectivity index (χ2v) is 8.40. The van der Waals surface area contributed by atoms with Gasteiger partial charge in [0.1, 0.15) is 29.8 Å². The summed E-state index contributed by atoms with van der Waals surface area (Å²) in [5.74, 6) is 0.0631. The molecule has 2 atom stereocenters. The lowest BCUT2D eigenvalue weighted by molar-refractivity contribution is -0.138. The van der Waals surface area contributed by atoms with Gasteiger partial charge < -0.3 is 24.6 Å². The van der Waals surface area contributed by atoms with Crippen LogP contribution in [0.5, 0.6) is 11.6 Å². The number of nitrogens with zero attached hydrogens (tertiary/aromatic N) is 3. The lowest BCUT2D eigenvalue weighted by Crippen LogP contribution is -2.29. The lowest BCUT2D eigenvalue weighted by Gasteiger charge is -2.21. The molecule has 0 spiro atoms. The summed E-state index contributed by atoms with van der Waals surface area (Å²) in [6.07, 6.45) is 2.12. The Balaban J connectivity index is 1.62. The number of aliphatic carboxylic acids is 1. The molecule has 2 N–H and O–H groups in total. The van der Waals surface area contributed by atoms with Crippen molar-refractivity contribution in [3.8, 4) is 11.6 Å². The molecule has 0 bridgehead atoms. The SMILES string of the molecule is CC(C(=O)O)c1ccc(O[C@@H]2CCN(c3ncnc(OCC(C)(C)O)c3Cl)C2)cc1. The molecule has 1 saturated heterocycles. The van der Waals surface area contributed by atoms with Crippen molar-refractivity contribution in [1.29, 1.82) is 0 Å². The molecule has 0 radical (unpaired) electrons. The summed E-state index contributed by atoms with van der Waals surface area (Å²) in [5.41, 5.74) is -0.270. The molecule has 9 heteroatoms. The number of ether oxygens (including phenoxy) is 2. The van der Waals surface area contributed by atoms with E-state index in [0.29, 0.717) is 29.7 Å². The van der Waals surface area contributed by atoms with Gasteiger partial charge in [-0.15, -0.1) is 0 Å². The summed E-state index contributed by atoms with van der Waals surface area (Å²) in [6.45, 7) is 6.29. The van der Waals surface area contributed by atoms with Crippen LogP contribution in [0.3, 0.4) is 0 Å². The van der Waals surface area contributed by atoms with E-state index in [9.17, 15) is 9.90 Å². The molecule has 1 aliphatic heterocycles. The highest BCUT2D eigenvalue weighted by atomic mass is 35.5. The third kappa shape index (κ3) is 5.52. The van der Waals surface area contributed by atoms with Crippen molar-refractivity contribution < 1.29 is 24.5 Å². The number of hydrogen-bond acceptors (Lipinski definition) is 7. The fourth-order valence-electron chi connectivity index (χ4n) is 3.10. The molecule has 2 heterocycles. The predicted octanol–water partition coefficient (Wildman–Crippen LogP) is 3.13. The van der Waals surface area contributed by atoms with Gasteiger partial charge in [0.2, 0.25) is 5.88 Å². The summed E-state index contributed by atoms with van der Waals surface area (Å²) in [5, 5.41) is 19.2. The van der Waals surface area contributed by atoms with Gasteiger partial charge >= 0.3 is 5.97 Å². The fourth-order valence-corrected chi connectivity index (χ4v) is 3.37. The maximum atomic E-state index is 11.1. The van der Waals surface area contributed by atoms with E-state index in [4.69, 9.17) is 26.2 Å². The highest BCUT2D eigenvalue weighted by Crippen LogP contribution is 2.33. The van der Waals surface area contributed by atoms with Crippen molar-refractivity contribution in [2.45, 2.75) is 44.8 Å². The van der Waals surface area contributed by atoms with E-state index in [2.05, 4.69) is 9.97 Å². The Labute approximate surface area is 180 Å². The zero-order valence-corrected chi connectivity index (χ0v) is 18.0.